The summed E-state index contributed by atoms with van der Waals surface area (Å²) in [6.45, 7) is 0.232. The summed E-state index contributed by atoms with van der Waals surface area (Å²) in [4.78, 5) is 4.20. The number of aromatic nitrogens is 4. The van der Waals surface area contributed by atoms with Crippen molar-refractivity contribution >= 4 is 26.8 Å². The van der Waals surface area contributed by atoms with Crippen molar-refractivity contribution in [3.8, 4) is 11.4 Å². The lowest BCUT2D eigenvalue weighted by Crippen LogP contribution is -1.95. The topological polar surface area (TPSA) is 93.6 Å². The Morgan fingerprint density at radius 3 is 3.06 bits per heavy atom. The van der Waals surface area contributed by atoms with Gasteiger partial charge in [0.15, 0.2) is 0 Å². The van der Waals surface area contributed by atoms with Crippen molar-refractivity contribution in [3.05, 3.63) is 28.7 Å². The molecule has 3 aromatic rings. The van der Waals surface area contributed by atoms with E-state index < -0.39 is 0 Å². The molecule has 0 fully saturated rings. The fourth-order valence-electron chi connectivity index (χ4n) is 1.66. The molecule has 6 nitrogen and oxygen atoms in total. The third kappa shape index (κ3) is 1.63. The second-order valence-corrected chi connectivity index (χ2v) is 4.25. The van der Waals surface area contributed by atoms with Gasteiger partial charge >= 0.3 is 0 Å². The van der Waals surface area contributed by atoms with Crippen molar-refractivity contribution in [2.75, 3.05) is 0 Å². The number of nitrogens with zero attached hydrogens (tertiary/aromatic N) is 3. The molecule has 17 heavy (non-hydrogen) atoms. The highest BCUT2D eigenvalue weighted by molar-refractivity contribution is 9.10. The number of fused-ring (bicyclic) bond motifs is 1. The van der Waals surface area contributed by atoms with E-state index in [1.54, 1.807) is 0 Å². The summed E-state index contributed by atoms with van der Waals surface area (Å²) >= 11 is 3.41. The van der Waals surface area contributed by atoms with E-state index in [2.05, 4.69) is 36.3 Å². The van der Waals surface area contributed by atoms with Crippen LogP contribution in [0.1, 0.15) is 5.89 Å². The fraction of sp³-hybridized carbons (Fsp3) is 0.100. The van der Waals surface area contributed by atoms with Crippen LogP contribution in [0.3, 0.4) is 0 Å². The van der Waals surface area contributed by atoms with Gasteiger partial charge in [0.05, 0.1) is 12.1 Å². The van der Waals surface area contributed by atoms with Gasteiger partial charge in [0.1, 0.15) is 4.60 Å². The molecule has 3 N–H and O–H groups in total. The molecule has 0 saturated carbocycles. The maximum absolute atomic E-state index is 5.44. The van der Waals surface area contributed by atoms with Crippen LogP contribution in [0.15, 0.2) is 27.3 Å². The Morgan fingerprint density at radius 2 is 2.29 bits per heavy atom. The molecular weight excluding hydrogens is 286 g/mol. The smallest absolute Gasteiger partial charge is 0.240 e. The van der Waals surface area contributed by atoms with E-state index in [4.69, 9.17) is 10.3 Å². The number of halogens is 1. The second-order valence-electron chi connectivity index (χ2n) is 3.45. The SMILES string of the molecule is NCc1nc(-c2cccc3n[nH]c(Br)c23)no1. The summed E-state index contributed by atoms with van der Waals surface area (Å²) in [5.74, 6) is 0.926. The summed E-state index contributed by atoms with van der Waals surface area (Å²) in [5, 5.41) is 11.8. The van der Waals surface area contributed by atoms with Gasteiger partial charge in [-0.2, -0.15) is 10.1 Å². The first kappa shape index (κ1) is 10.4. The van der Waals surface area contributed by atoms with Crippen LogP contribution in [-0.4, -0.2) is 20.3 Å². The Morgan fingerprint density at radius 1 is 1.41 bits per heavy atom. The molecule has 0 aliphatic carbocycles. The molecule has 0 saturated heterocycles. The number of benzene rings is 1. The van der Waals surface area contributed by atoms with E-state index >= 15 is 0 Å². The molecule has 0 bridgehead atoms. The molecular formula is C10H8BrN5O. The van der Waals surface area contributed by atoms with Gasteiger partial charge in [0.2, 0.25) is 11.7 Å². The normalized spacial score (nSPS) is 11.2. The Balaban J connectivity index is 2.25. The van der Waals surface area contributed by atoms with Gasteiger partial charge in [-0.1, -0.05) is 17.3 Å². The van der Waals surface area contributed by atoms with E-state index in [1.165, 1.54) is 0 Å². The van der Waals surface area contributed by atoms with Gasteiger partial charge in [0, 0.05) is 10.9 Å². The largest absolute Gasteiger partial charge is 0.338 e. The minimum absolute atomic E-state index is 0.232. The lowest BCUT2D eigenvalue weighted by atomic mass is 10.1. The lowest BCUT2D eigenvalue weighted by molar-refractivity contribution is 0.380. The van der Waals surface area contributed by atoms with Crippen LogP contribution in [0.5, 0.6) is 0 Å². The Bertz CT molecular complexity index is 674. The van der Waals surface area contributed by atoms with E-state index in [0.29, 0.717) is 11.7 Å². The average molecular weight is 294 g/mol. The van der Waals surface area contributed by atoms with Crippen LogP contribution in [0, 0.1) is 0 Å². The third-order valence-electron chi connectivity index (χ3n) is 2.42. The Hall–Kier alpha value is -1.73. The van der Waals surface area contributed by atoms with Crippen LogP contribution in [0.4, 0.5) is 0 Å². The van der Waals surface area contributed by atoms with Crippen molar-refractivity contribution in [1.82, 2.24) is 20.3 Å². The zero-order chi connectivity index (χ0) is 11.8. The maximum Gasteiger partial charge on any atom is 0.240 e. The van der Waals surface area contributed by atoms with E-state index in [1.807, 2.05) is 18.2 Å². The molecule has 0 aliphatic rings. The van der Waals surface area contributed by atoms with Gasteiger partial charge in [0.25, 0.3) is 0 Å². The quantitative estimate of drug-likeness (QED) is 0.752. The van der Waals surface area contributed by atoms with E-state index in [-0.39, 0.29) is 6.54 Å². The van der Waals surface area contributed by atoms with Gasteiger partial charge in [-0.15, -0.1) is 0 Å². The van der Waals surface area contributed by atoms with Crippen LogP contribution in [-0.2, 0) is 6.54 Å². The minimum atomic E-state index is 0.232. The van der Waals surface area contributed by atoms with E-state index in [9.17, 15) is 0 Å². The first-order chi connectivity index (χ1) is 8.29. The van der Waals surface area contributed by atoms with Crippen LogP contribution >= 0.6 is 15.9 Å². The molecule has 2 aromatic heterocycles. The van der Waals surface area contributed by atoms with Crippen molar-refractivity contribution in [2.45, 2.75) is 6.54 Å². The molecule has 0 spiro atoms. The molecule has 0 unspecified atom stereocenters. The van der Waals surface area contributed by atoms with Crippen molar-refractivity contribution in [1.29, 1.82) is 0 Å². The molecule has 1 aromatic carbocycles. The number of nitrogens with two attached hydrogens (primary N) is 1. The lowest BCUT2D eigenvalue weighted by Gasteiger charge is -1.96. The predicted octanol–water partition coefficient (Wildman–Crippen LogP) is 1.83. The first-order valence-corrected chi connectivity index (χ1v) is 5.74. The number of hydrogen-bond donors (Lipinski definition) is 2. The number of hydrogen-bond acceptors (Lipinski definition) is 5. The molecule has 0 radical (unpaired) electrons. The molecule has 2 heterocycles. The van der Waals surface area contributed by atoms with Gasteiger partial charge < -0.3 is 10.3 Å². The zero-order valence-electron chi connectivity index (χ0n) is 8.64. The highest BCUT2D eigenvalue weighted by Crippen LogP contribution is 2.30. The number of H-pyrrole nitrogens is 1. The monoisotopic (exact) mass is 293 g/mol. The minimum Gasteiger partial charge on any atom is -0.338 e. The van der Waals surface area contributed by atoms with Gasteiger partial charge in [-0.25, -0.2) is 0 Å². The standard InChI is InChI=1S/C10H8BrN5O/c11-9-8-5(2-1-3-6(8)14-15-9)10-13-7(4-12)17-16-10/h1-3H,4,12H2,(H,14,15). The fourth-order valence-corrected chi connectivity index (χ4v) is 2.17. The van der Waals surface area contributed by atoms with Gasteiger partial charge in [-0.05, 0) is 22.0 Å². The molecule has 0 amide bonds. The van der Waals surface area contributed by atoms with Crippen LogP contribution in [0.2, 0.25) is 0 Å². The van der Waals surface area contributed by atoms with Crippen LogP contribution in [0.25, 0.3) is 22.3 Å². The second kappa shape index (κ2) is 3.94. The van der Waals surface area contributed by atoms with E-state index in [0.717, 1.165) is 21.1 Å². The van der Waals surface area contributed by atoms with Gasteiger partial charge in [-0.3, -0.25) is 5.10 Å². The van der Waals surface area contributed by atoms with Crippen molar-refractivity contribution in [3.63, 3.8) is 0 Å². The Labute approximate surface area is 104 Å². The maximum atomic E-state index is 5.44. The molecule has 7 heteroatoms. The van der Waals surface area contributed by atoms with Crippen LogP contribution < -0.4 is 5.73 Å². The zero-order valence-corrected chi connectivity index (χ0v) is 10.2. The predicted molar refractivity (Wildman–Crippen MR) is 65.0 cm³/mol. The van der Waals surface area contributed by atoms with Crippen molar-refractivity contribution in [2.24, 2.45) is 5.73 Å². The Kier molecular flexibility index (Phi) is 2.41. The summed E-state index contributed by atoms with van der Waals surface area (Å²) in [7, 11) is 0. The molecule has 0 atom stereocenters. The van der Waals surface area contributed by atoms with Crippen molar-refractivity contribution < 1.29 is 4.52 Å². The number of aromatic amines is 1. The highest BCUT2D eigenvalue weighted by Gasteiger charge is 2.14. The first-order valence-electron chi connectivity index (χ1n) is 4.95. The molecule has 86 valence electrons. The number of rotatable bonds is 2. The molecule has 0 aliphatic heterocycles. The summed E-state index contributed by atoms with van der Waals surface area (Å²) < 4.78 is 5.80. The summed E-state index contributed by atoms with van der Waals surface area (Å²) in [6.07, 6.45) is 0. The molecule has 3 rings (SSSR count). The third-order valence-corrected chi connectivity index (χ3v) is 2.99. The number of nitrogens with one attached hydrogen (secondary N) is 1. The summed E-state index contributed by atoms with van der Waals surface area (Å²) in [6, 6.07) is 5.71. The highest BCUT2D eigenvalue weighted by atomic mass is 79.9. The summed E-state index contributed by atoms with van der Waals surface area (Å²) in [5.41, 5.74) is 7.13. The average Bonchev–Trinajstić information content (AvgIpc) is 2.96.